The zero-order valence-electron chi connectivity index (χ0n) is 20.5. The summed E-state index contributed by atoms with van der Waals surface area (Å²) in [7, 11) is 1.22. The molecular formula is C25H30N2O8. The zero-order valence-corrected chi connectivity index (χ0v) is 20.5. The Bertz CT molecular complexity index is 1100. The molecule has 3 rings (SSSR count). The van der Waals surface area contributed by atoms with Gasteiger partial charge >= 0.3 is 11.9 Å². The van der Waals surface area contributed by atoms with Crippen LogP contribution >= 0.6 is 0 Å². The quantitative estimate of drug-likeness (QED) is 0.193. The smallest absolute Gasteiger partial charge is 0.336 e. The molecule has 0 amide bonds. The van der Waals surface area contributed by atoms with Gasteiger partial charge in [0.2, 0.25) is 0 Å². The van der Waals surface area contributed by atoms with E-state index in [9.17, 15) is 24.5 Å². The summed E-state index contributed by atoms with van der Waals surface area (Å²) in [5, 5.41) is 14.6. The van der Waals surface area contributed by atoms with Crippen LogP contribution in [0.3, 0.4) is 0 Å². The van der Waals surface area contributed by atoms with Gasteiger partial charge in [-0.25, -0.2) is 4.79 Å². The Morgan fingerprint density at radius 3 is 2.60 bits per heavy atom. The van der Waals surface area contributed by atoms with E-state index in [2.05, 4.69) is 5.32 Å². The maximum Gasteiger partial charge on any atom is 0.336 e. The Morgan fingerprint density at radius 2 is 1.97 bits per heavy atom. The number of nitro groups is 1. The van der Waals surface area contributed by atoms with Crippen LogP contribution in [0.15, 0.2) is 46.8 Å². The predicted molar refractivity (Wildman–Crippen MR) is 125 cm³/mol. The van der Waals surface area contributed by atoms with Crippen LogP contribution in [-0.4, -0.2) is 49.1 Å². The molecule has 10 nitrogen and oxygen atoms in total. The van der Waals surface area contributed by atoms with E-state index in [-0.39, 0.29) is 42.1 Å². The van der Waals surface area contributed by atoms with Gasteiger partial charge in [-0.3, -0.25) is 19.7 Å². The van der Waals surface area contributed by atoms with E-state index in [1.165, 1.54) is 25.3 Å². The number of non-ortho nitro benzene ring substituents is 1. The number of allylic oxidation sites excluding steroid dienone is 3. The Morgan fingerprint density at radius 1 is 1.26 bits per heavy atom. The molecule has 0 fully saturated rings. The summed E-state index contributed by atoms with van der Waals surface area (Å²) in [6.07, 6.45) is 0.335. The third kappa shape index (κ3) is 5.43. The van der Waals surface area contributed by atoms with Crippen LogP contribution in [0.2, 0.25) is 0 Å². The monoisotopic (exact) mass is 486 g/mol. The first-order chi connectivity index (χ1) is 16.6. The lowest BCUT2D eigenvalue weighted by molar-refractivity contribution is -0.384. The first kappa shape index (κ1) is 26.1. The van der Waals surface area contributed by atoms with Crippen molar-refractivity contribution >= 4 is 23.4 Å². The van der Waals surface area contributed by atoms with Crippen LogP contribution in [-0.2, 0) is 28.6 Å². The standard InChI is InChI=1S/C25H30N2O8/c1-13(2)34-9-10-35-25(30)20-15(4)26-18-11-14(3)19(24(29)33-5)23(28)22(18)21(20)16-7-6-8-17(12-16)27(31)32/h6-8,12-14,19,21,26H,9-11H2,1-5H3/t14-,19-,21+/m1/s1. The fraction of sp³-hybridized carbons (Fsp3) is 0.480. The predicted octanol–water partition coefficient (Wildman–Crippen LogP) is 3.18. The van der Waals surface area contributed by atoms with E-state index in [0.717, 1.165) is 0 Å². The number of methoxy groups -OCH3 is 1. The van der Waals surface area contributed by atoms with Crippen molar-refractivity contribution in [3.05, 3.63) is 62.5 Å². The molecule has 0 saturated carbocycles. The highest BCUT2D eigenvalue weighted by Crippen LogP contribution is 2.45. The number of ether oxygens (including phenoxy) is 3. The third-order valence-electron chi connectivity index (χ3n) is 6.14. The van der Waals surface area contributed by atoms with Crippen molar-refractivity contribution in [3.63, 3.8) is 0 Å². The Kier molecular flexibility index (Phi) is 8.06. The molecule has 0 aromatic heterocycles. The summed E-state index contributed by atoms with van der Waals surface area (Å²) in [5.41, 5.74) is 1.63. The first-order valence-electron chi connectivity index (χ1n) is 11.4. The zero-order chi connectivity index (χ0) is 25.9. The number of hydrogen-bond acceptors (Lipinski definition) is 9. The van der Waals surface area contributed by atoms with E-state index < -0.39 is 34.5 Å². The van der Waals surface area contributed by atoms with E-state index >= 15 is 0 Å². The first-order valence-corrected chi connectivity index (χ1v) is 11.4. The minimum Gasteiger partial charge on any atom is -0.468 e. The summed E-state index contributed by atoms with van der Waals surface area (Å²) < 4.78 is 15.7. The van der Waals surface area contributed by atoms with Gasteiger partial charge in [-0.05, 0) is 38.7 Å². The van der Waals surface area contributed by atoms with Crippen LogP contribution < -0.4 is 5.32 Å². The minimum absolute atomic E-state index is 0.00286. The highest BCUT2D eigenvalue weighted by atomic mass is 16.6. The molecule has 10 heteroatoms. The SMILES string of the molecule is COC(=O)[C@H]1C(=O)C2=C(C[C@H]1C)NC(C)=C(C(=O)OCCOC(C)C)[C@@H]2c1cccc([N+](=O)[O-])c1. The Balaban J connectivity index is 2.09. The van der Waals surface area contributed by atoms with Gasteiger partial charge in [0, 0.05) is 35.0 Å². The molecule has 0 unspecified atom stereocenters. The second-order valence-electron chi connectivity index (χ2n) is 8.94. The van der Waals surface area contributed by atoms with Gasteiger partial charge < -0.3 is 19.5 Å². The van der Waals surface area contributed by atoms with Crippen LogP contribution in [0.5, 0.6) is 0 Å². The molecule has 35 heavy (non-hydrogen) atoms. The Hall–Kier alpha value is -3.53. The second kappa shape index (κ2) is 10.8. The molecule has 3 atom stereocenters. The summed E-state index contributed by atoms with van der Waals surface area (Å²) >= 11 is 0. The number of Topliss-reactive ketones (excluding diaryl/α,β-unsaturated/α-hetero) is 1. The fourth-order valence-electron chi connectivity index (χ4n) is 4.60. The number of dihydropyridines is 1. The van der Waals surface area contributed by atoms with Crippen molar-refractivity contribution in [2.45, 2.75) is 46.1 Å². The van der Waals surface area contributed by atoms with Crippen LogP contribution in [0.25, 0.3) is 0 Å². The maximum absolute atomic E-state index is 13.7. The van der Waals surface area contributed by atoms with Crippen LogP contribution in [0.4, 0.5) is 5.69 Å². The minimum atomic E-state index is -1.04. The van der Waals surface area contributed by atoms with Crippen molar-refractivity contribution in [1.29, 1.82) is 0 Å². The normalized spacial score (nSPS) is 22.0. The number of nitrogens with zero attached hydrogens (tertiary/aromatic N) is 1. The summed E-state index contributed by atoms with van der Waals surface area (Å²) in [6.45, 7) is 7.39. The van der Waals surface area contributed by atoms with Gasteiger partial charge in [-0.15, -0.1) is 0 Å². The molecule has 0 spiro atoms. The average molecular weight is 487 g/mol. The van der Waals surface area contributed by atoms with E-state index in [4.69, 9.17) is 14.2 Å². The molecule has 0 radical (unpaired) electrons. The lowest BCUT2D eigenvalue weighted by Crippen LogP contribution is -2.43. The second-order valence-corrected chi connectivity index (χ2v) is 8.94. The lowest BCUT2D eigenvalue weighted by atomic mass is 9.69. The van der Waals surface area contributed by atoms with Gasteiger partial charge in [0.1, 0.15) is 12.5 Å². The summed E-state index contributed by atoms with van der Waals surface area (Å²) in [5.74, 6) is -4.13. The van der Waals surface area contributed by atoms with Gasteiger partial charge in [-0.1, -0.05) is 19.1 Å². The molecule has 188 valence electrons. The molecule has 2 aliphatic rings. The van der Waals surface area contributed by atoms with Crippen molar-refractivity contribution < 1.29 is 33.5 Å². The number of rotatable bonds is 8. The van der Waals surface area contributed by atoms with Crippen molar-refractivity contribution in [1.82, 2.24) is 5.32 Å². The van der Waals surface area contributed by atoms with Crippen molar-refractivity contribution in [2.24, 2.45) is 11.8 Å². The molecule has 0 bridgehead atoms. The van der Waals surface area contributed by atoms with Gasteiger partial charge in [-0.2, -0.15) is 0 Å². The van der Waals surface area contributed by atoms with Crippen LogP contribution in [0, 0.1) is 22.0 Å². The number of nitrogens with one attached hydrogen (secondary N) is 1. The number of hydrogen-bond donors (Lipinski definition) is 1. The van der Waals surface area contributed by atoms with Crippen molar-refractivity contribution in [2.75, 3.05) is 20.3 Å². The number of carbonyl (C=O) groups excluding carboxylic acids is 3. The highest BCUT2D eigenvalue weighted by Gasteiger charge is 2.47. The number of nitro benzene ring substituents is 1. The van der Waals surface area contributed by atoms with E-state index in [1.807, 2.05) is 13.8 Å². The lowest BCUT2D eigenvalue weighted by Gasteiger charge is -2.38. The number of carbonyl (C=O) groups is 3. The maximum atomic E-state index is 13.7. The molecule has 1 N–H and O–H groups in total. The third-order valence-corrected chi connectivity index (χ3v) is 6.14. The number of ketones is 1. The van der Waals surface area contributed by atoms with Gasteiger partial charge in [0.15, 0.2) is 5.78 Å². The molecule has 1 aliphatic carbocycles. The topological polar surface area (TPSA) is 134 Å². The van der Waals surface area contributed by atoms with Crippen LogP contribution in [0.1, 0.15) is 45.6 Å². The van der Waals surface area contributed by atoms with Gasteiger partial charge in [0.25, 0.3) is 5.69 Å². The molecule has 0 saturated heterocycles. The molecular weight excluding hydrogens is 456 g/mol. The van der Waals surface area contributed by atoms with Crippen molar-refractivity contribution in [3.8, 4) is 0 Å². The Labute approximate surface area is 203 Å². The fourth-order valence-corrected chi connectivity index (χ4v) is 4.60. The molecule has 1 aromatic rings. The van der Waals surface area contributed by atoms with E-state index in [0.29, 0.717) is 23.4 Å². The summed E-state index contributed by atoms with van der Waals surface area (Å²) in [6, 6.07) is 5.79. The largest absolute Gasteiger partial charge is 0.468 e. The van der Waals surface area contributed by atoms with E-state index in [1.54, 1.807) is 19.9 Å². The number of benzene rings is 1. The van der Waals surface area contributed by atoms with Gasteiger partial charge in [0.05, 0.1) is 30.3 Å². The summed E-state index contributed by atoms with van der Waals surface area (Å²) in [4.78, 5) is 50.3. The number of esters is 2. The molecule has 1 heterocycles. The highest BCUT2D eigenvalue weighted by molar-refractivity contribution is 6.12. The molecule has 1 aromatic carbocycles. The molecule has 1 aliphatic heterocycles. The average Bonchev–Trinajstić information content (AvgIpc) is 2.80.